The van der Waals surface area contributed by atoms with Crippen LogP contribution >= 0.6 is 0 Å². The summed E-state index contributed by atoms with van der Waals surface area (Å²) in [5.74, 6) is 0.991. The molecule has 2 aliphatic rings. The Bertz CT molecular complexity index is 196. The zero-order valence-corrected chi connectivity index (χ0v) is 9.84. The maximum atomic E-state index is 3.67. The molecule has 0 spiro atoms. The summed E-state index contributed by atoms with van der Waals surface area (Å²) in [5, 5.41) is 3.67. The number of rotatable bonds is 3. The lowest BCUT2D eigenvalue weighted by molar-refractivity contribution is 0.0744. The first-order valence-corrected chi connectivity index (χ1v) is 6.12. The molecule has 2 heteroatoms. The van der Waals surface area contributed by atoms with Crippen LogP contribution in [0.3, 0.4) is 0 Å². The van der Waals surface area contributed by atoms with E-state index in [9.17, 15) is 0 Å². The molecular weight excluding hydrogens is 172 g/mol. The number of nitrogens with one attached hydrogen (secondary N) is 1. The molecule has 82 valence electrons. The fourth-order valence-electron chi connectivity index (χ4n) is 2.37. The highest BCUT2D eigenvalue weighted by molar-refractivity contribution is 4.94. The van der Waals surface area contributed by atoms with Gasteiger partial charge in [0.05, 0.1) is 0 Å². The van der Waals surface area contributed by atoms with Gasteiger partial charge in [-0.25, -0.2) is 0 Å². The van der Waals surface area contributed by atoms with E-state index in [2.05, 4.69) is 31.0 Å². The number of piperazine rings is 1. The van der Waals surface area contributed by atoms with Crippen LogP contribution in [-0.2, 0) is 0 Å². The predicted octanol–water partition coefficient (Wildman–Crippen LogP) is 1.86. The van der Waals surface area contributed by atoms with Crippen LogP contribution < -0.4 is 5.32 Å². The standard InChI is InChI=1S/C12H24N2/c1-4-12(2,3)14-8-7-13-11(9-14)10-5-6-10/h10-11,13H,4-9H2,1-3H3. The third kappa shape index (κ3) is 2.12. The Balaban J connectivity index is 1.92. The van der Waals surface area contributed by atoms with Gasteiger partial charge < -0.3 is 5.32 Å². The van der Waals surface area contributed by atoms with Crippen molar-refractivity contribution >= 4 is 0 Å². The first-order chi connectivity index (χ1) is 6.63. The van der Waals surface area contributed by atoms with E-state index in [1.807, 2.05) is 0 Å². The molecule has 2 rings (SSSR count). The SMILES string of the molecule is CCC(C)(C)N1CCNC(C2CC2)C1. The lowest BCUT2D eigenvalue weighted by Gasteiger charge is -2.44. The van der Waals surface area contributed by atoms with Gasteiger partial charge in [0, 0.05) is 31.2 Å². The minimum absolute atomic E-state index is 0.398. The van der Waals surface area contributed by atoms with Crippen molar-refractivity contribution in [3.05, 3.63) is 0 Å². The van der Waals surface area contributed by atoms with Gasteiger partial charge in [0.25, 0.3) is 0 Å². The predicted molar refractivity (Wildman–Crippen MR) is 60.5 cm³/mol. The average molecular weight is 196 g/mol. The fraction of sp³-hybridized carbons (Fsp3) is 1.00. The minimum Gasteiger partial charge on any atom is -0.311 e. The van der Waals surface area contributed by atoms with Crippen LogP contribution in [0.4, 0.5) is 0 Å². The van der Waals surface area contributed by atoms with Crippen LogP contribution in [0.5, 0.6) is 0 Å². The van der Waals surface area contributed by atoms with Crippen molar-refractivity contribution in [3.63, 3.8) is 0 Å². The van der Waals surface area contributed by atoms with Crippen molar-refractivity contribution in [1.29, 1.82) is 0 Å². The zero-order chi connectivity index (χ0) is 10.2. The number of nitrogens with zero attached hydrogens (tertiary/aromatic N) is 1. The molecule has 1 saturated carbocycles. The summed E-state index contributed by atoms with van der Waals surface area (Å²) in [7, 11) is 0. The molecule has 2 fully saturated rings. The van der Waals surface area contributed by atoms with Crippen LogP contribution in [0.1, 0.15) is 40.0 Å². The van der Waals surface area contributed by atoms with E-state index >= 15 is 0 Å². The molecule has 1 heterocycles. The number of hydrogen-bond acceptors (Lipinski definition) is 2. The summed E-state index contributed by atoms with van der Waals surface area (Å²) < 4.78 is 0. The first kappa shape index (κ1) is 10.4. The van der Waals surface area contributed by atoms with E-state index < -0.39 is 0 Å². The van der Waals surface area contributed by atoms with Crippen LogP contribution in [0.2, 0.25) is 0 Å². The van der Waals surface area contributed by atoms with Crippen molar-refractivity contribution in [3.8, 4) is 0 Å². The second-order valence-electron chi connectivity index (χ2n) is 5.51. The van der Waals surface area contributed by atoms with Gasteiger partial charge in [-0.1, -0.05) is 6.92 Å². The lowest BCUT2D eigenvalue weighted by Crippen LogP contribution is -2.58. The van der Waals surface area contributed by atoms with E-state index in [4.69, 9.17) is 0 Å². The van der Waals surface area contributed by atoms with Gasteiger partial charge in [0.2, 0.25) is 0 Å². The van der Waals surface area contributed by atoms with E-state index in [1.54, 1.807) is 0 Å². The topological polar surface area (TPSA) is 15.3 Å². The van der Waals surface area contributed by atoms with Crippen LogP contribution in [0.25, 0.3) is 0 Å². The third-order valence-corrected chi connectivity index (χ3v) is 4.12. The summed E-state index contributed by atoms with van der Waals surface area (Å²) in [6, 6.07) is 0.787. The molecule has 1 N–H and O–H groups in total. The molecule has 0 radical (unpaired) electrons. The molecule has 0 aromatic heterocycles. The molecule has 14 heavy (non-hydrogen) atoms. The van der Waals surface area contributed by atoms with Crippen molar-refractivity contribution < 1.29 is 0 Å². The average Bonchev–Trinajstić information content (AvgIpc) is 3.01. The Morgan fingerprint density at radius 2 is 2.07 bits per heavy atom. The molecule has 1 atom stereocenters. The Morgan fingerprint density at radius 1 is 1.36 bits per heavy atom. The van der Waals surface area contributed by atoms with Crippen molar-refractivity contribution in [2.45, 2.75) is 51.6 Å². The molecule has 2 nitrogen and oxygen atoms in total. The lowest BCUT2D eigenvalue weighted by atomic mass is 9.96. The smallest absolute Gasteiger partial charge is 0.0223 e. The quantitative estimate of drug-likeness (QED) is 0.741. The highest BCUT2D eigenvalue weighted by Gasteiger charge is 2.37. The van der Waals surface area contributed by atoms with Crippen molar-refractivity contribution in [2.75, 3.05) is 19.6 Å². The van der Waals surface area contributed by atoms with E-state index in [0.717, 1.165) is 12.0 Å². The molecule has 0 aromatic rings. The fourth-order valence-corrected chi connectivity index (χ4v) is 2.37. The summed E-state index contributed by atoms with van der Waals surface area (Å²) >= 11 is 0. The van der Waals surface area contributed by atoms with Crippen LogP contribution in [-0.4, -0.2) is 36.1 Å². The molecule has 0 bridgehead atoms. The Labute approximate surface area is 88.1 Å². The third-order valence-electron chi connectivity index (χ3n) is 4.12. The summed E-state index contributed by atoms with van der Waals surface area (Å²) in [4.78, 5) is 2.67. The van der Waals surface area contributed by atoms with Crippen LogP contribution in [0.15, 0.2) is 0 Å². The summed E-state index contributed by atoms with van der Waals surface area (Å²) in [5.41, 5.74) is 0.398. The normalized spacial score (nSPS) is 30.6. The maximum Gasteiger partial charge on any atom is 0.0223 e. The minimum atomic E-state index is 0.398. The van der Waals surface area contributed by atoms with Crippen molar-refractivity contribution in [1.82, 2.24) is 10.2 Å². The van der Waals surface area contributed by atoms with Gasteiger partial charge in [-0.2, -0.15) is 0 Å². The van der Waals surface area contributed by atoms with Gasteiger partial charge in [0.1, 0.15) is 0 Å². The Hall–Kier alpha value is -0.0800. The Kier molecular flexibility index (Phi) is 2.85. The second-order valence-corrected chi connectivity index (χ2v) is 5.51. The van der Waals surface area contributed by atoms with Gasteiger partial charge in [-0.05, 0) is 39.0 Å². The molecule has 1 aliphatic heterocycles. The molecule has 1 aliphatic carbocycles. The number of hydrogen-bond donors (Lipinski definition) is 1. The molecule has 0 aromatic carbocycles. The van der Waals surface area contributed by atoms with Gasteiger partial charge in [-0.3, -0.25) is 4.90 Å². The Morgan fingerprint density at radius 3 is 2.64 bits per heavy atom. The maximum absolute atomic E-state index is 3.67. The van der Waals surface area contributed by atoms with Gasteiger partial charge in [0.15, 0.2) is 0 Å². The summed E-state index contributed by atoms with van der Waals surface area (Å²) in [6.45, 7) is 10.7. The van der Waals surface area contributed by atoms with E-state index in [-0.39, 0.29) is 0 Å². The van der Waals surface area contributed by atoms with Crippen molar-refractivity contribution in [2.24, 2.45) is 5.92 Å². The van der Waals surface area contributed by atoms with E-state index in [1.165, 1.54) is 38.9 Å². The van der Waals surface area contributed by atoms with Gasteiger partial charge in [-0.15, -0.1) is 0 Å². The first-order valence-electron chi connectivity index (χ1n) is 6.12. The molecule has 0 amide bonds. The highest BCUT2D eigenvalue weighted by atomic mass is 15.2. The second kappa shape index (κ2) is 3.82. The van der Waals surface area contributed by atoms with E-state index in [0.29, 0.717) is 5.54 Å². The highest BCUT2D eigenvalue weighted by Crippen LogP contribution is 2.34. The molecular formula is C12H24N2. The van der Waals surface area contributed by atoms with Crippen LogP contribution in [0, 0.1) is 5.92 Å². The molecule has 1 saturated heterocycles. The summed E-state index contributed by atoms with van der Waals surface area (Å²) in [6.07, 6.45) is 4.17. The molecule has 1 unspecified atom stereocenters. The largest absolute Gasteiger partial charge is 0.311 e. The van der Waals surface area contributed by atoms with Gasteiger partial charge >= 0.3 is 0 Å². The zero-order valence-electron chi connectivity index (χ0n) is 9.84. The monoisotopic (exact) mass is 196 g/mol.